The Labute approximate surface area is 85.5 Å². The fraction of sp³-hybridized carbons (Fsp3) is 0.222. The number of rotatable bonds is 1. The molecule has 1 aliphatic heterocycles. The van der Waals surface area contributed by atoms with Crippen molar-refractivity contribution in [2.24, 2.45) is 0 Å². The minimum Gasteiger partial charge on any atom is -0.336 e. The standard InChI is InChI=1S/C9H8ClFN2O/c10-6-1-2-7(11)8(5-6)13-4-3-12-9(13)14/h1-2,5H,3-4H2,(H,12,14). The lowest BCUT2D eigenvalue weighted by Crippen LogP contribution is -2.28. The number of carbonyl (C=O) groups excluding carboxylic acids is 1. The first-order chi connectivity index (χ1) is 6.68. The molecule has 0 aromatic heterocycles. The maximum Gasteiger partial charge on any atom is 0.322 e. The second-order valence-corrected chi connectivity index (χ2v) is 3.42. The zero-order chi connectivity index (χ0) is 10.1. The summed E-state index contributed by atoms with van der Waals surface area (Å²) in [5.41, 5.74) is 0.229. The number of urea groups is 1. The fourth-order valence-electron chi connectivity index (χ4n) is 1.39. The molecule has 1 N–H and O–H groups in total. The molecular formula is C9H8ClFN2O. The fourth-order valence-corrected chi connectivity index (χ4v) is 1.56. The van der Waals surface area contributed by atoms with Crippen LogP contribution in [-0.4, -0.2) is 19.1 Å². The quantitative estimate of drug-likeness (QED) is 0.762. The highest BCUT2D eigenvalue weighted by molar-refractivity contribution is 6.30. The second kappa shape index (κ2) is 3.46. The van der Waals surface area contributed by atoms with Gasteiger partial charge in [0.25, 0.3) is 0 Å². The third kappa shape index (κ3) is 1.53. The summed E-state index contributed by atoms with van der Waals surface area (Å²) in [4.78, 5) is 12.6. The zero-order valence-corrected chi connectivity index (χ0v) is 8.01. The molecule has 0 bridgehead atoms. The van der Waals surface area contributed by atoms with Crippen molar-refractivity contribution in [1.29, 1.82) is 0 Å². The topological polar surface area (TPSA) is 32.3 Å². The summed E-state index contributed by atoms with van der Waals surface area (Å²) < 4.78 is 13.3. The van der Waals surface area contributed by atoms with Gasteiger partial charge < -0.3 is 5.32 Å². The molecule has 0 atom stereocenters. The van der Waals surface area contributed by atoms with E-state index in [-0.39, 0.29) is 11.7 Å². The number of amides is 2. The van der Waals surface area contributed by atoms with Gasteiger partial charge in [-0.3, -0.25) is 4.90 Å². The number of nitrogens with zero attached hydrogens (tertiary/aromatic N) is 1. The van der Waals surface area contributed by atoms with E-state index in [1.54, 1.807) is 0 Å². The second-order valence-electron chi connectivity index (χ2n) is 2.98. The first-order valence-corrected chi connectivity index (χ1v) is 4.57. The number of nitrogens with one attached hydrogen (secondary N) is 1. The van der Waals surface area contributed by atoms with E-state index < -0.39 is 5.82 Å². The summed E-state index contributed by atoms with van der Waals surface area (Å²) in [5, 5.41) is 3.01. The van der Waals surface area contributed by atoms with Gasteiger partial charge in [-0.05, 0) is 18.2 Å². The van der Waals surface area contributed by atoms with E-state index in [0.717, 1.165) is 0 Å². The first kappa shape index (κ1) is 9.27. The molecule has 1 fully saturated rings. The molecule has 1 aromatic rings. The highest BCUT2D eigenvalue weighted by atomic mass is 35.5. The van der Waals surface area contributed by atoms with Gasteiger partial charge in [0.2, 0.25) is 0 Å². The predicted octanol–water partition coefficient (Wildman–Crippen LogP) is 2.01. The number of benzene rings is 1. The molecule has 1 saturated heterocycles. The number of anilines is 1. The number of halogens is 2. The van der Waals surface area contributed by atoms with Crippen molar-refractivity contribution in [2.45, 2.75) is 0 Å². The molecule has 2 amide bonds. The van der Waals surface area contributed by atoms with Gasteiger partial charge in [-0.2, -0.15) is 0 Å². The lowest BCUT2D eigenvalue weighted by atomic mass is 10.3. The van der Waals surface area contributed by atoms with Crippen molar-refractivity contribution in [3.8, 4) is 0 Å². The number of carbonyl (C=O) groups is 1. The van der Waals surface area contributed by atoms with Gasteiger partial charge >= 0.3 is 6.03 Å². The van der Waals surface area contributed by atoms with Crippen molar-refractivity contribution < 1.29 is 9.18 Å². The highest BCUT2D eigenvalue weighted by Crippen LogP contribution is 2.24. The van der Waals surface area contributed by atoms with Crippen molar-refractivity contribution in [2.75, 3.05) is 18.0 Å². The Morgan fingerprint density at radius 2 is 2.29 bits per heavy atom. The van der Waals surface area contributed by atoms with Crippen LogP contribution < -0.4 is 10.2 Å². The van der Waals surface area contributed by atoms with Crippen LogP contribution in [0.3, 0.4) is 0 Å². The van der Waals surface area contributed by atoms with Crippen LogP contribution in [0.4, 0.5) is 14.9 Å². The number of hydrogen-bond acceptors (Lipinski definition) is 1. The lowest BCUT2D eigenvalue weighted by Gasteiger charge is -2.14. The van der Waals surface area contributed by atoms with E-state index in [1.165, 1.54) is 23.1 Å². The highest BCUT2D eigenvalue weighted by Gasteiger charge is 2.23. The first-order valence-electron chi connectivity index (χ1n) is 4.19. The van der Waals surface area contributed by atoms with E-state index in [4.69, 9.17) is 11.6 Å². The van der Waals surface area contributed by atoms with E-state index in [9.17, 15) is 9.18 Å². The maximum atomic E-state index is 13.3. The third-order valence-electron chi connectivity index (χ3n) is 2.06. The van der Waals surface area contributed by atoms with Crippen molar-refractivity contribution >= 4 is 23.3 Å². The zero-order valence-electron chi connectivity index (χ0n) is 7.26. The molecule has 0 aliphatic carbocycles. The molecule has 0 radical (unpaired) electrons. The van der Waals surface area contributed by atoms with Crippen molar-refractivity contribution in [3.05, 3.63) is 29.0 Å². The van der Waals surface area contributed by atoms with Crippen LogP contribution in [0, 0.1) is 5.82 Å². The van der Waals surface area contributed by atoms with Crippen LogP contribution in [0.1, 0.15) is 0 Å². The monoisotopic (exact) mass is 214 g/mol. The molecule has 0 saturated carbocycles. The van der Waals surface area contributed by atoms with Crippen LogP contribution in [0.15, 0.2) is 18.2 Å². The maximum absolute atomic E-state index is 13.3. The molecule has 0 spiro atoms. The molecule has 0 unspecified atom stereocenters. The summed E-state index contributed by atoms with van der Waals surface area (Å²) in [7, 11) is 0. The molecule has 5 heteroatoms. The summed E-state index contributed by atoms with van der Waals surface area (Å²) in [6, 6.07) is 3.87. The van der Waals surface area contributed by atoms with Crippen molar-refractivity contribution in [3.63, 3.8) is 0 Å². The normalized spacial score (nSPS) is 15.9. The molecule has 2 rings (SSSR count). The van der Waals surface area contributed by atoms with E-state index in [0.29, 0.717) is 18.1 Å². The molecule has 1 aliphatic rings. The SMILES string of the molecule is O=C1NCCN1c1cc(Cl)ccc1F. The summed E-state index contributed by atoms with van der Waals surface area (Å²) >= 11 is 5.72. The van der Waals surface area contributed by atoms with E-state index in [2.05, 4.69) is 5.32 Å². The molecule has 3 nitrogen and oxygen atoms in total. The Morgan fingerprint density at radius 1 is 1.50 bits per heavy atom. The average molecular weight is 215 g/mol. The molecule has 74 valence electrons. The van der Waals surface area contributed by atoms with Crippen LogP contribution in [0.5, 0.6) is 0 Å². The predicted molar refractivity (Wildman–Crippen MR) is 52.2 cm³/mol. The van der Waals surface area contributed by atoms with E-state index in [1.807, 2.05) is 0 Å². The minimum atomic E-state index is -0.438. The van der Waals surface area contributed by atoms with Crippen LogP contribution in [0.25, 0.3) is 0 Å². The minimum absolute atomic E-state index is 0.229. The summed E-state index contributed by atoms with van der Waals surface area (Å²) in [6.45, 7) is 1.00. The van der Waals surface area contributed by atoms with Gasteiger partial charge in [-0.15, -0.1) is 0 Å². The van der Waals surface area contributed by atoms with E-state index >= 15 is 0 Å². The Bertz CT molecular complexity index is 383. The molecule has 1 aromatic carbocycles. The Hall–Kier alpha value is -1.29. The Balaban J connectivity index is 2.39. The summed E-state index contributed by atoms with van der Waals surface area (Å²) in [5.74, 6) is -0.438. The van der Waals surface area contributed by atoms with Gasteiger partial charge in [0.15, 0.2) is 0 Å². The Morgan fingerprint density at radius 3 is 2.93 bits per heavy atom. The van der Waals surface area contributed by atoms with Crippen LogP contribution in [0.2, 0.25) is 5.02 Å². The molecular weight excluding hydrogens is 207 g/mol. The van der Waals surface area contributed by atoms with Gasteiger partial charge in [0.1, 0.15) is 5.82 Å². The largest absolute Gasteiger partial charge is 0.336 e. The third-order valence-corrected chi connectivity index (χ3v) is 2.29. The van der Waals surface area contributed by atoms with Gasteiger partial charge in [-0.1, -0.05) is 11.6 Å². The summed E-state index contributed by atoms with van der Waals surface area (Å²) in [6.07, 6.45) is 0. The van der Waals surface area contributed by atoms with Crippen LogP contribution in [-0.2, 0) is 0 Å². The lowest BCUT2D eigenvalue weighted by molar-refractivity contribution is 0.252. The molecule has 1 heterocycles. The van der Waals surface area contributed by atoms with Crippen molar-refractivity contribution in [1.82, 2.24) is 5.32 Å². The molecule has 14 heavy (non-hydrogen) atoms. The van der Waals surface area contributed by atoms with Gasteiger partial charge in [-0.25, -0.2) is 9.18 Å². The van der Waals surface area contributed by atoms with Gasteiger partial charge in [0, 0.05) is 18.1 Å². The van der Waals surface area contributed by atoms with Crippen LogP contribution >= 0.6 is 11.6 Å². The number of hydrogen-bond donors (Lipinski definition) is 1. The smallest absolute Gasteiger partial charge is 0.322 e. The van der Waals surface area contributed by atoms with Gasteiger partial charge in [0.05, 0.1) is 5.69 Å². The Kier molecular flexibility index (Phi) is 2.29. The average Bonchev–Trinajstić information content (AvgIpc) is 2.56.